The maximum absolute atomic E-state index is 9.35. The van der Waals surface area contributed by atoms with E-state index in [1.165, 1.54) is 19.3 Å². The third kappa shape index (κ3) is 3.73. The number of aliphatic hydroxyl groups is 1. The quantitative estimate of drug-likeness (QED) is 0.845. The van der Waals surface area contributed by atoms with Crippen molar-refractivity contribution < 1.29 is 5.11 Å². The molecule has 0 saturated heterocycles. The van der Waals surface area contributed by atoms with Crippen LogP contribution in [0.3, 0.4) is 0 Å². The summed E-state index contributed by atoms with van der Waals surface area (Å²) in [5.41, 5.74) is 0. The lowest BCUT2D eigenvalue weighted by Gasteiger charge is -2.35. The molecule has 0 aliphatic heterocycles. The molecule has 2 rings (SSSR count). The van der Waals surface area contributed by atoms with Gasteiger partial charge < -0.3 is 15.3 Å². The van der Waals surface area contributed by atoms with Gasteiger partial charge in [-0.2, -0.15) is 4.98 Å². The molecule has 1 heterocycles. The van der Waals surface area contributed by atoms with Crippen LogP contribution in [-0.4, -0.2) is 40.8 Å². The lowest BCUT2D eigenvalue weighted by atomic mass is 9.94. The molecule has 1 aliphatic rings. The first-order valence-corrected chi connectivity index (χ1v) is 7.78. The van der Waals surface area contributed by atoms with Gasteiger partial charge in [0, 0.05) is 19.1 Å². The van der Waals surface area contributed by atoms with E-state index in [9.17, 15) is 5.11 Å². The van der Waals surface area contributed by atoms with Crippen molar-refractivity contribution in [3.05, 3.63) is 11.2 Å². The average Bonchev–Trinajstić information content (AvgIpc) is 2.48. The summed E-state index contributed by atoms with van der Waals surface area (Å²) in [4.78, 5) is 10.8. The first-order chi connectivity index (χ1) is 9.76. The van der Waals surface area contributed by atoms with Crippen LogP contribution in [0.25, 0.3) is 0 Å². The van der Waals surface area contributed by atoms with E-state index < -0.39 is 0 Å². The van der Waals surface area contributed by atoms with Crippen LogP contribution in [0.1, 0.15) is 39.0 Å². The molecule has 112 valence electrons. The van der Waals surface area contributed by atoms with Crippen molar-refractivity contribution in [2.24, 2.45) is 0 Å². The van der Waals surface area contributed by atoms with Crippen molar-refractivity contribution in [3.8, 4) is 0 Å². The molecule has 6 heteroatoms. The third-order valence-corrected chi connectivity index (χ3v) is 3.96. The first-order valence-electron chi connectivity index (χ1n) is 7.40. The third-order valence-electron chi connectivity index (χ3n) is 3.69. The first kappa shape index (κ1) is 15.3. The van der Waals surface area contributed by atoms with Crippen molar-refractivity contribution in [2.75, 3.05) is 29.9 Å². The second-order valence-corrected chi connectivity index (χ2v) is 5.51. The molecular formula is C14H23ClN4O. The Morgan fingerprint density at radius 2 is 2.15 bits per heavy atom. The molecule has 0 atom stereocenters. The fraction of sp³-hybridized carbons (Fsp3) is 0.714. The lowest BCUT2D eigenvalue weighted by Crippen LogP contribution is -2.39. The van der Waals surface area contributed by atoms with Gasteiger partial charge in [-0.1, -0.05) is 30.9 Å². The van der Waals surface area contributed by atoms with Crippen LogP contribution < -0.4 is 10.2 Å². The molecule has 1 aromatic rings. The summed E-state index contributed by atoms with van der Waals surface area (Å²) in [6, 6.07) is 0.415. The van der Waals surface area contributed by atoms with Crippen molar-refractivity contribution >= 4 is 23.4 Å². The highest BCUT2D eigenvalue weighted by molar-refractivity contribution is 6.32. The van der Waals surface area contributed by atoms with Crippen molar-refractivity contribution in [1.29, 1.82) is 0 Å². The van der Waals surface area contributed by atoms with Crippen molar-refractivity contribution in [1.82, 2.24) is 9.97 Å². The van der Waals surface area contributed by atoms with Crippen molar-refractivity contribution in [2.45, 2.75) is 45.1 Å². The smallest absolute Gasteiger partial charge is 0.224 e. The molecule has 20 heavy (non-hydrogen) atoms. The standard InChI is InChI=1S/C14H23ClN4O/c1-2-16-14-17-10-12(15)13(18-14)19(8-9-20)11-6-4-3-5-7-11/h10-11,20H,2-9H2,1H3,(H,16,17,18). The number of aromatic nitrogens is 2. The molecule has 1 saturated carbocycles. The second-order valence-electron chi connectivity index (χ2n) is 5.10. The number of nitrogens with one attached hydrogen (secondary N) is 1. The summed E-state index contributed by atoms with van der Waals surface area (Å²) in [6.45, 7) is 3.44. The van der Waals surface area contributed by atoms with Gasteiger partial charge in [-0.05, 0) is 19.8 Å². The molecule has 0 spiro atoms. The van der Waals surface area contributed by atoms with Gasteiger partial charge in [0.1, 0.15) is 5.02 Å². The summed E-state index contributed by atoms with van der Waals surface area (Å²) in [7, 11) is 0. The Bertz CT molecular complexity index is 424. The summed E-state index contributed by atoms with van der Waals surface area (Å²) >= 11 is 6.27. The molecule has 0 bridgehead atoms. The molecule has 0 unspecified atom stereocenters. The highest BCUT2D eigenvalue weighted by Gasteiger charge is 2.24. The number of halogens is 1. The summed E-state index contributed by atoms with van der Waals surface area (Å²) in [5.74, 6) is 1.32. The number of rotatable bonds is 6. The van der Waals surface area contributed by atoms with E-state index in [1.807, 2.05) is 6.92 Å². The van der Waals surface area contributed by atoms with Crippen LogP contribution in [0.2, 0.25) is 5.02 Å². The topological polar surface area (TPSA) is 61.3 Å². The maximum Gasteiger partial charge on any atom is 0.224 e. The molecule has 1 aliphatic carbocycles. The zero-order chi connectivity index (χ0) is 14.4. The Labute approximate surface area is 125 Å². The molecule has 5 nitrogen and oxygen atoms in total. The van der Waals surface area contributed by atoms with Crippen LogP contribution >= 0.6 is 11.6 Å². The Kier molecular flexibility index (Phi) is 5.86. The monoisotopic (exact) mass is 298 g/mol. The Balaban J connectivity index is 2.24. The Morgan fingerprint density at radius 1 is 1.40 bits per heavy atom. The number of hydrogen-bond acceptors (Lipinski definition) is 5. The zero-order valence-corrected chi connectivity index (χ0v) is 12.7. The van der Waals surface area contributed by atoms with E-state index in [4.69, 9.17) is 11.6 Å². The molecule has 2 N–H and O–H groups in total. The van der Waals surface area contributed by atoms with Gasteiger partial charge in [-0.15, -0.1) is 0 Å². The predicted octanol–water partition coefficient (Wildman–Crippen LogP) is 2.69. The Hall–Kier alpha value is -1.07. The minimum atomic E-state index is 0.105. The van der Waals surface area contributed by atoms with Gasteiger partial charge in [-0.3, -0.25) is 0 Å². The number of nitrogens with zero attached hydrogens (tertiary/aromatic N) is 3. The van der Waals surface area contributed by atoms with Gasteiger partial charge in [0.05, 0.1) is 12.8 Å². The highest BCUT2D eigenvalue weighted by Crippen LogP contribution is 2.30. The van der Waals surface area contributed by atoms with Crippen LogP contribution in [-0.2, 0) is 0 Å². The van der Waals surface area contributed by atoms with Gasteiger partial charge in [-0.25, -0.2) is 4.98 Å². The summed E-state index contributed by atoms with van der Waals surface area (Å²) < 4.78 is 0. The largest absolute Gasteiger partial charge is 0.395 e. The molecule has 0 aromatic carbocycles. The minimum absolute atomic E-state index is 0.105. The number of aliphatic hydroxyl groups excluding tert-OH is 1. The van der Waals surface area contributed by atoms with E-state index in [1.54, 1.807) is 6.20 Å². The minimum Gasteiger partial charge on any atom is -0.395 e. The van der Waals surface area contributed by atoms with E-state index in [0.717, 1.165) is 25.2 Å². The predicted molar refractivity (Wildman–Crippen MR) is 82.5 cm³/mol. The molecule has 0 radical (unpaired) electrons. The van der Waals surface area contributed by atoms with Crippen LogP contribution in [0, 0.1) is 0 Å². The van der Waals surface area contributed by atoms with E-state index in [2.05, 4.69) is 20.2 Å². The zero-order valence-electron chi connectivity index (χ0n) is 12.0. The lowest BCUT2D eigenvalue weighted by molar-refractivity contribution is 0.289. The van der Waals surface area contributed by atoms with Crippen LogP contribution in [0.5, 0.6) is 0 Å². The molecule has 1 aromatic heterocycles. The van der Waals surface area contributed by atoms with Crippen molar-refractivity contribution in [3.63, 3.8) is 0 Å². The molecule has 0 amide bonds. The Morgan fingerprint density at radius 3 is 2.80 bits per heavy atom. The maximum atomic E-state index is 9.35. The van der Waals surface area contributed by atoms with E-state index in [0.29, 0.717) is 23.6 Å². The fourth-order valence-electron chi connectivity index (χ4n) is 2.76. The van der Waals surface area contributed by atoms with Crippen LogP contribution in [0.15, 0.2) is 6.20 Å². The van der Waals surface area contributed by atoms with Gasteiger partial charge in [0.2, 0.25) is 5.95 Å². The normalized spacial score (nSPS) is 16.1. The fourth-order valence-corrected chi connectivity index (χ4v) is 2.96. The van der Waals surface area contributed by atoms with E-state index >= 15 is 0 Å². The number of hydrogen-bond donors (Lipinski definition) is 2. The van der Waals surface area contributed by atoms with E-state index in [-0.39, 0.29) is 6.61 Å². The number of anilines is 2. The SMILES string of the molecule is CCNc1ncc(Cl)c(N(CCO)C2CCCCC2)n1. The highest BCUT2D eigenvalue weighted by atomic mass is 35.5. The van der Waals surface area contributed by atoms with Gasteiger partial charge in [0.25, 0.3) is 0 Å². The average molecular weight is 299 g/mol. The summed E-state index contributed by atoms with van der Waals surface area (Å²) in [5, 5.41) is 13.0. The second kappa shape index (κ2) is 7.64. The van der Waals surface area contributed by atoms with Crippen LogP contribution in [0.4, 0.5) is 11.8 Å². The van der Waals surface area contributed by atoms with Gasteiger partial charge in [0.15, 0.2) is 5.82 Å². The molecule has 1 fully saturated rings. The molecular weight excluding hydrogens is 276 g/mol. The van der Waals surface area contributed by atoms with Gasteiger partial charge >= 0.3 is 0 Å². The summed E-state index contributed by atoms with van der Waals surface area (Å²) in [6.07, 6.45) is 7.66.